The lowest BCUT2D eigenvalue weighted by molar-refractivity contribution is 0.161. The van der Waals surface area contributed by atoms with Crippen LogP contribution < -0.4 is 9.47 Å². The molecule has 2 bridgehead atoms. The van der Waals surface area contributed by atoms with Gasteiger partial charge in [0, 0.05) is 30.7 Å². The second-order valence-electron chi connectivity index (χ2n) is 10.1. The molecule has 0 fully saturated rings. The topological polar surface area (TPSA) is 130 Å². The van der Waals surface area contributed by atoms with Crippen LogP contribution in [0.5, 0.6) is 11.8 Å². The number of aliphatic hydroxyl groups excluding tert-OH is 1. The van der Waals surface area contributed by atoms with E-state index in [9.17, 15) is 10.4 Å². The Morgan fingerprint density at radius 2 is 2.05 bits per heavy atom. The molecule has 1 aliphatic heterocycles. The fourth-order valence-electron chi connectivity index (χ4n) is 4.74. The molecule has 3 aromatic heterocycles. The highest BCUT2D eigenvalue weighted by Gasteiger charge is 2.23. The summed E-state index contributed by atoms with van der Waals surface area (Å²) in [6, 6.07) is 8.36. The normalized spacial score (nSPS) is 15.0. The first-order valence-corrected chi connectivity index (χ1v) is 13.2. The zero-order valence-electron chi connectivity index (χ0n) is 22.8. The van der Waals surface area contributed by atoms with Gasteiger partial charge in [0.25, 0.3) is 0 Å². The van der Waals surface area contributed by atoms with Crippen LogP contribution in [0.2, 0.25) is 0 Å². The van der Waals surface area contributed by atoms with Gasteiger partial charge in [-0.05, 0) is 57.5 Å². The minimum atomic E-state index is -0.0595. The SMILES string of the molecule is CC(C)Oc1nn(CCO)c2c1/C=C/c1[nH]nc3ccc(cc13)-c1cn(CC#N)nc1OCCN(C(C)C)C2. The standard InChI is InChI=1S/C28H34N8O3/c1-18(2)34-12-14-38-27-23(16-35(32-27)10-9-29)20-5-7-24-22(15-20)25(31-30-24)8-6-21-26(17-34)36(11-13-37)33-28(21)39-19(3)4/h5-8,15-16,18-19,37H,10-14,17H2,1-4H3,(H,30,31)/b8-6+. The van der Waals surface area contributed by atoms with Crippen LogP contribution in [0.3, 0.4) is 0 Å². The van der Waals surface area contributed by atoms with Crippen molar-refractivity contribution in [3.05, 3.63) is 41.3 Å². The van der Waals surface area contributed by atoms with E-state index < -0.39 is 0 Å². The summed E-state index contributed by atoms with van der Waals surface area (Å²) in [5, 5.41) is 36.9. The van der Waals surface area contributed by atoms with Gasteiger partial charge in [-0.15, -0.1) is 10.2 Å². The van der Waals surface area contributed by atoms with Gasteiger partial charge in [0.15, 0.2) is 0 Å². The number of aliphatic hydroxyl groups is 1. The summed E-state index contributed by atoms with van der Waals surface area (Å²) in [6.45, 7) is 10.3. The number of aromatic amines is 1. The summed E-state index contributed by atoms with van der Waals surface area (Å²) in [5.41, 5.74) is 5.23. The van der Waals surface area contributed by atoms with Gasteiger partial charge in [0.05, 0.1) is 53.4 Å². The number of H-pyrrole nitrogens is 1. The minimum absolute atomic E-state index is 0.0359. The van der Waals surface area contributed by atoms with Crippen LogP contribution in [-0.4, -0.2) is 71.7 Å². The smallest absolute Gasteiger partial charge is 0.240 e. The molecule has 4 heterocycles. The van der Waals surface area contributed by atoms with E-state index in [1.54, 1.807) is 4.68 Å². The van der Waals surface area contributed by atoms with Gasteiger partial charge in [-0.25, -0.2) is 0 Å². The van der Waals surface area contributed by atoms with Crippen molar-refractivity contribution in [2.45, 2.75) is 59.5 Å². The Labute approximate surface area is 227 Å². The van der Waals surface area contributed by atoms with Crippen LogP contribution >= 0.6 is 0 Å². The Kier molecular flexibility index (Phi) is 7.67. The van der Waals surface area contributed by atoms with Gasteiger partial charge in [-0.3, -0.25) is 19.4 Å². The van der Waals surface area contributed by atoms with E-state index in [0.29, 0.717) is 38.0 Å². The third-order valence-corrected chi connectivity index (χ3v) is 6.70. The molecule has 0 unspecified atom stereocenters. The Morgan fingerprint density at radius 1 is 1.21 bits per heavy atom. The van der Waals surface area contributed by atoms with Gasteiger partial charge < -0.3 is 14.6 Å². The average molecular weight is 531 g/mol. The first kappa shape index (κ1) is 26.5. The lowest BCUT2D eigenvalue weighted by Crippen LogP contribution is -2.35. The highest BCUT2D eigenvalue weighted by atomic mass is 16.5. The summed E-state index contributed by atoms with van der Waals surface area (Å²) >= 11 is 0. The second-order valence-corrected chi connectivity index (χ2v) is 10.1. The highest BCUT2D eigenvalue weighted by molar-refractivity contribution is 5.93. The number of hydrogen-bond acceptors (Lipinski definition) is 8. The van der Waals surface area contributed by atoms with Crippen LogP contribution in [0.15, 0.2) is 24.4 Å². The third-order valence-electron chi connectivity index (χ3n) is 6.70. The van der Waals surface area contributed by atoms with Crippen molar-refractivity contribution in [1.82, 2.24) is 34.7 Å². The Bertz CT molecular complexity index is 1520. The average Bonchev–Trinajstić information content (AvgIpc) is 3.57. The number of nitriles is 1. The largest absolute Gasteiger partial charge is 0.475 e. The van der Waals surface area contributed by atoms with Crippen molar-refractivity contribution >= 4 is 23.1 Å². The molecule has 0 saturated carbocycles. The summed E-state index contributed by atoms with van der Waals surface area (Å²) < 4.78 is 15.8. The number of aromatic nitrogens is 6. The molecule has 39 heavy (non-hydrogen) atoms. The minimum Gasteiger partial charge on any atom is -0.475 e. The number of benzene rings is 1. The molecule has 0 radical (unpaired) electrons. The Balaban J connectivity index is 1.68. The van der Waals surface area contributed by atoms with Crippen LogP contribution in [-0.2, 0) is 19.6 Å². The van der Waals surface area contributed by atoms with Crippen LogP contribution in [0, 0.1) is 11.3 Å². The molecule has 11 heteroatoms. The summed E-state index contributed by atoms with van der Waals surface area (Å²) in [5.74, 6) is 1.02. The van der Waals surface area contributed by atoms with Crippen LogP contribution in [0.4, 0.5) is 0 Å². The van der Waals surface area contributed by atoms with Crippen LogP contribution in [0.25, 0.3) is 34.2 Å². The van der Waals surface area contributed by atoms with Crippen molar-refractivity contribution < 1.29 is 14.6 Å². The van der Waals surface area contributed by atoms with Crippen LogP contribution in [0.1, 0.15) is 44.6 Å². The van der Waals surface area contributed by atoms with Gasteiger partial charge in [0.2, 0.25) is 11.8 Å². The Morgan fingerprint density at radius 3 is 2.79 bits per heavy atom. The molecule has 5 rings (SSSR count). The lowest BCUT2D eigenvalue weighted by Gasteiger charge is -2.27. The van der Waals surface area contributed by atoms with Crippen molar-refractivity contribution in [3.8, 4) is 29.0 Å². The first-order chi connectivity index (χ1) is 18.9. The molecule has 0 spiro atoms. The number of hydrogen-bond donors (Lipinski definition) is 2. The second kappa shape index (κ2) is 11.3. The highest BCUT2D eigenvalue weighted by Crippen LogP contribution is 2.33. The fraction of sp³-hybridized carbons (Fsp3) is 0.429. The predicted octanol–water partition coefficient (Wildman–Crippen LogP) is 3.70. The molecule has 0 aliphatic carbocycles. The van der Waals surface area contributed by atoms with E-state index in [2.05, 4.69) is 46.2 Å². The first-order valence-electron chi connectivity index (χ1n) is 13.2. The lowest BCUT2D eigenvalue weighted by atomic mass is 10.1. The zero-order chi connectivity index (χ0) is 27.5. The molecule has 2 N–H and O–H groups in total. The monoisotopic (exact) mass is 530 g/mol. The molecule has 4 aromatic rings. The van der Waals surface area contributed by atoms with Crippen molar-refractivity contribution in [2.75, 3.05) is 19.8 Å². The fourth-order valence-corrected chi connectivity index (χ4v) is 4.74. The maximum atomic E-state index is 9.78. The molecule has 11 nitrogen and oxygen atoms in total. The zero-order valence-corrected chi connectivity index (χ0v) is 22.8. The maximum Gasteiger partial charge on any atom is 0.240 e. The number of fused-ring (bicyclic) bond motifs is 4. The molecule has 0 atom stereocenters. The van der Waals surface area contributed by atoms with Gasteiger partial charge in [0.1, 0.15) is 13.2 Å². The van der Waals surface area contributed by atoms with E-state index in [1.807, 2.05) is 49.0 Å². The maximum absolute atomic E-state index is 9.78. The molecule has 1 aromatic carbocycles. The quantitative estimate of drug-likeness (QED) is 0.386. The molecule has 0 amide bonds. The van der Waals surface area contributed by atoms with Gasteiger partial charge in [-0.2, -0.15) is 10.4 Å². The van der Waals surface area contributed by atoms with Crippen molar-refractivity contribution in [2.24, 2.45) is 0 Å². The van der Waals surface area contributed by atoms with Crippen molar-refractivity contribution in [1.29, 1.82) is 5.26 Å². The molecular weight excluding hydrogens is 496 g/mol. The van der Waals surface area contributed by atoms with E-state index in [1.165, 1.54) is 0 Å². The van der Waals surface area contributed by atoms with Gasteiger partial charge in [-0.1, -0.05) is 6.07 Å². The third kappa shape index (κ3) is 5.53. The van der Waals surface area contributed by atoms with E-state index in [-0.39, 0.29) is 25.3 Å². The molecular formula is C28H34N8O3. The van der Waals surface area contributed by atoms with Gasteiger partial charge >= 0.3 is 0 Å². The van der Waals surface area contributed by atoms with E-state index in [4.69, 9.17) is 14.6 Å². The molecule has 0 saturated heterocycles. The van der Waals surface area contributed by atoms with Crippen molar-refractivity contribution in [3.63, 3.8) is 0 Å². The Hall–Kier alpha value is -4.14. The molecule has 1 aliphatic rings. The summed E-state index contributed by atoms with van der Waals surface area (Å²) in [4.78, 5) is 2.29. The summed E-state index contributed by atoms with van der Waals surface area (Å²) in [7, 11) is 0. The molecule has 204 valence electrons. The van der Waals surface area contributed by atoms with E-state index >= 15 is 0 Å². The predicted molar refractivity (Wildman–Crippen MR) is 148 cm³/mol. The van der Waals surface area contributed by atoms with E-state index in [0.717, 1.165) is 39.0 Å². The number of nitrogens with zero attached hydrogens (tertiary/aromatic N) is 7. The number of ether oxygens (including phenoxy) is 2. The summed E-state index contributed by atoms with van der Waals surface area (Å²) in [6.07, 6.45) is 5.79. The number of rotatable bonds is 6. The number of nitrogens with one attached hydrogen (secondary N) is 1.